The summed E-state index contributed by atoms with van der Waals surface area (Å²) in [5.41, 5.74) is 1.03. The number of hydrogen-bond donors (Lipinski definition) is 1. The van der Waals surface area contributed by atoms with E-state index in [0.717, 1.165) is 25.4 Å². The molecule has 0 spiro atoms. The normalized spacial score (nSPS) is 21.0. The number of rotatable bonds is 5. The van der Waals surface area contributed by atoms with Gasteiger partial charge in [0.15, 0.2) is 0 Å². The minimum absolute atomic E-state index is 0.187. The van der Waals surface area contributed by atoms with E-state index in [2.05, 4.69) is 29.5 Å². The van der Waals surface area contributed by atoms with E-state index in [1.54, 1.807) is 11.3 Å². The van der Waals surface area contributed by atoms with E-state index in [9.17, 15) is 0 Å². The van der Waals surface area contributed by atoms with E-state index < -0.39 is 0 Å². The van der Waals surface area contributed by atoms with Crippen molar-refractivity contribution < 1.29 is 9.47 Å². The Morgan fingerprint density at radius 2 is 2.53 bits per heavy atom. The van der Waals surface area contributed by atoms with Crippen molar-refractivity contribution in [3.05, 3.63) is 16.1 Å². The highest BCUT2D eigenvalue weighted by Gasteiger charge is 2.13. The number of nitrogens with one attached hydrogen (secondary N) is 1. The number of hydrogen-bond acceptors (Lipinski definition) is 5. The molecule has 4 nitrogen and oxygen atoms in total. The lowest BCUT2D eigenvalue weighted by Crippen LogP contribution is -2.40. The Morgan fingerprint density at radius 3 is 3.18 bits per heavy atom. The van der Waals surface area contributed by atoms with Crippen LogP contribution in [0.1, 0.15) is 30.5 Å². The van der Waals surface area contributed by atoms with Crippen molar-refractivity contribution >= 4 is 11.3 Å². The highest BCUT2D eigenvalue weighted by atomic mass is 32.1. The minimum Gasteiger partial charge on any atom is -0.373 e. The summed E-state index contributed by atoms with van der Waals surface area (Å²) in [6, 6.07) is 0. The van der Waals surface area contributed by atoms with Crippen LogP contribution in [0.25, 0.3) is 0 Å². The molecule has 0 bridgehead atoms. The topological polar surface area (TPSA) is 43.4 Å². The summed E-state index contributed by atoms with van der Waals surface area (Å²) < 4.78 is 11.2. The molecule has 0 amide bonds. The zero-order valence-electron chi connectivity index (χ0n) is 10.4. The van der Waals surface area contributed by atoms with Gasteiger partial charge in [-0.3, -0.25) is 0 Å². The van der Waals surface area contributed by atoms with Gasteiger partial charge in [-0.15, -0.1) is 11.3 Å². The molecule has 1 unspecified atom stereocenters. The monoisotopic (exact) mass is 256 g/mol. The maximum Gasteiger partial charge on any atom is 0.0954 e. The average molecular weight is 256 g/mol. The number of nitrogens with zero attached hydrogens (tertiary/aromatic N) is 1. The standard InChI is InChI=1S/C12H20N2O2S/c1-9(2)12-14-10(8-17-12)6-15-7-11-5-13-3-4-16-11/h8-9,11,13H,3-7H2,1-2H3. The first kappa shape index (κ1) is 13.0. The molecule has 0 radical (unpaired) electrons. The zero-order chi connectivity index (χ0) is 12.1. The fourth-order valence-electron chi connectivity index (χ4n) is 1.68. The molecule has 1 saturated heterocycles. The molecule has 1 aromatic heterocycles. The van der Waals surface area contributed by atoms with Crippen molar-refractivity contribution in [2.45, 2.75) is 32.5 Å². The molecular formula is C12H20N2O2S. The summed E-state index contributed by atoms with van der Waals surface area (Å²) in [6.07, 6.45) is 0.187. The maximum atomic E-state index is 5.63. The molecule has 1 aliphatic rings. The third kappa shape index (κ3) is 4.03. The number of thiazole rings is 1. The second-order valence-electron chi connectivity index (χ2n) is 4.54. The molecule has 0 aromatic carbocycles. The van der Waals surface area contributed by atoms with Crippen LogP contribution >= 0.6 is 11.3 Å². The average Bonchev–Trinajstić information content (AvgIpc) is 2.79. The van der Waals surface area contributed by atoms with Gasteiger partial charge in [0.2, 0.25) is 0 Å². The van der Waals surface area contributed by atoms with Crippen molar-refractivity contribution in [2.24, 2.45) is 0 Å². The molecule has 1 fully saturated rings. The van der Waals surface area contributed by atoms with Gasteiger partial charge in [-0.05, 0) is 0 Å². The minimum atomic E-state index is 0.187. The van der Waals surface area contributed by atoms with Crippen molar-refractivity contribution in [2.75, 3.05) is 26.3 Å². The van der Waals surface area contributed by atoms with Gasteiger partial charge >= 0.3 is 0 Å². The quantitative estimate of drug-likeness (QED) is 0.872. The molecule has 1 atom stereocenters. The van der Waals surface area contributed by atoms with Gasteiger partial charge in [0.25, 0.3) is 0 Å². The van der Waals surface area contributed by atoms with Crippen LogP contribution in [0.4, 0.5) is 0 Å². The predicted molar refractivity (Wildman–Crippen MR) is 68.5 cm³/mol. The lowest BCUT2D eigenvalue weighted by Gasteiger charge is -2.23. The van der Waals surface area contributed by atoms with Crippen LogP contribution in [0, 0.1) is 0 Å². The first-order valence-electron chi connectivity index (χ1n) is 6.10. The van der Waals surface area contributed by atoms with Crippen molar-refractivity contribution in [1.29, 1.82) is 0 Å². The van der Waals surface area contributed by atoms with Crippen LogP contribution in [-0.2, 0) is 16.1 Å². The summed E-state index contributed by atoms with van der Waals surface area (Å²) in [4.78, 5) is 4.53. The largest absolute Gasteiger partial charge is 0.373 e. The predicted octanol–water partition coefficient (Wildman–Crippen LogP) is 1.77. The SMILES string of the molecule is CC(C)c1nc(COCC2CNCCO2)cs1. The second kappa shape index (κ2) is 6.44. The molecule has 96 valence electrons. The smallest absolute Gasteiger partial charge is 0.0954 e. The molecule has 2 heterocycles. The van der Waals surface area contributed by atoms with Gasteiger partial charge in [-0.25, -0.2) is 4.98 Å². The van der Waals surface area contributed by atoms with Crippen LogP contribution in [0.3, 0.4) is 0 Å². The summed E-state index contributed by atoms with van der Waals surface area (Å²) in [7, 11) is 0. The van der Waals surface area contributed by atoms with E-state index >= 15 is 0 Å². The third-order valence-electron chi connectivity index (χ3n) is 2.62. The van der Waals surface area contributed by atoms with Crippen LogP contribution < -0.4 is 5.32 Å². The van der Waals surface area contributed by atoms with Gasteiger partial charge in [-0.1, -0.05) is 13.8 Å². The Labute approximate surface area is 106 Å². The van der Waals surface area contributed by atoms with E-state index in [0.29, 0.717) is 19.1 Å². The fourth-order valence-corrected chi connectivity index (χ4v) is 2.50. The fraction of sp³-hybridized carbons (Fsp3) is 0.750. The van der Waals surface area contributed by atoms with Gasteiger partial charge in [0.05, 0.1) is 36.6 Å². The molecular weight excluding hydrogens is 236 g/mol. The molecule has 0 saturated carbocycles. The van der Waals surface area contributed by atoms with Crippen LogP contribution in [0.5, 0.6) is 0 Å². The van der Waals surface area contributed by atoms with Crippen molar-refractivity contribution in [3.63, 3.8) is 0 Å². The molecule has 1 aliphatic heterocycles. The molecule has 1 N–H and O–H groups in total. The Bertz CT molecular complexity index is 335. The zero-order valence-corrected chi connectivity index (χ0v) is 11.3. The highest BCUT2D eigenvalue weighted by molar-refractivity contribution is 7.09. The summed E-state index contributed by atoms with van der Waals surface area (Å²) in [6.45, 7) is 8.15. The van der Waals surface area contributed by atoms with Gasteiger partial charge in [0.1, 0.15) is 0 Å². The van der Waals surface area contributed by atoms with E-state index in [4.69, 9.17) is 9.47 Å². The van der Waals surface area contributed by atoms with Crippen molar-refractivity contribution in [3.8, 4) is 0 Å². The first-order valence-corrected chi connectivity index (χ1v) is 6.98. The van der Waals surface area contributed by atoms with Crippen molar-refractivity contribution in [1.82, 2.24) is 10.3 Å². The summed E-state index contributed by atoms with van der Waals surface area (Å²) in [5.74, 6) is 0.500. The third-order valence-corrected chi connectivity index (χ3v) is 3.82. The summed E-state index contributed by atoms with van der Waals surface area (Å²) >= 11 is 1.71. The summed E-state index contributed by atoms with van der Waals surface area (Å²) in [5, 5.41) is 6.54. The van der Waals surface area contributed by atoms with E-state index in [-0.39, 0.29) is 6.10 Å². The molecule has 5 heteroatoms. The van der Waals surface area contributed by atoms with Gasteiger partial charge in [0, 0.05) is 24.4 Å². The van der Waals surface area contributed by atoms with Gasteiger partial charge < -0.3 is 14.8 Å². The molecule has 0 aliphatic carbocycles. The first-order chi connectivity index (χ1) is 8.25. The Kier molecular flexibility index (Phi) is 4.91. The number of aromatic nitrogens is 1. The highest BCUT2D eigenvalue weighted by Crippen LogP contribution is 2.19. The van der Waals surface area contributed by atoms with Crippen LogP contribution in [0.15, 0.2) is 5.38 Å². The lowest BCUT2D eigenvalue weighted by atomic mass is 10.2. The Morgan fingerprint density at radius 1 is 1.65 bits per heavy atom. The van der Waals surface area contributed by atoms with Crippen LogP contribution in [0.2, 0.25) is 0 Å². The molecule has 1 aromatic rings. The molecule has 17 heavy (non-hydrogen) atoms. The second-order valence-corrected chi connectivity index (χ2v) is 5.43. The van der Waals surface area contributed by atoms with Gasteiger partial charge in [-0.2, -0.15) is 0 Å². The Hall–Kier alpha value is -0.490. The van der Waals surface area contributed by atoms with E-state index in [1.807, 2.05) is 0 Å². The Balaban J connectivity index is 1.70. The number of ether oxygens (including phenoxy) is 2. The molecule has 2 rings (SSSR count). The van der Waals surface area contributed by atoms with E-state index in [1.165, 1.54) is 5.01 Å². The maximum absolute atomic E-state index is 5.63. The number of morpholine rings is 1. The lowest BCUT2D eigenvalue weighted by molar-refractivity contribution is -0.0362. The van der Waals surface area contributed by atoms with Crippen LogP contribution in [-0.4, -0.2) is 37.4 Å².